The number of carbonyl (C=O) groups is 2. The Labute approximate surface area is 124 Å². The summed E-state index contributed by atoms with van der Waals surface area (Å²) in [7, 11) is 0. The fourth-order valence-corrected chi connectivity index (χ4v) is 2.09. The lowest BCUT2D eigenvalue weighted by molar-refractivity contribution is 0.0254. The van der Waals surface area contributed by atoms with E-state index < -0.39 is 11.9 Å². The largest absolute Gasteiger partial charge is 0.508 e. The van der Waals surface area contributed by atoms with Crippen LogP contribution >= 0.6 is 0 Å². The molecule has 2 N–H and O–H groups in total. The number of carbonyl (C=O) groups excluding carboxylic acids is 1. The van der Waals surface area contributed by atoms with Crippen molar-refractivity contribution in [1.29, 1.82) is 0 Å². The van der Waals surface area contributed by atoms with Crippen molar-refractivity contribution < 1.29 is 24.5 Å². The Morgan fingerprint density at radius 2 is 1.76 bits per heavy atom. The Bertz CT molecular complexity index is 495. The molecule has 0 heterocycles. The zero-order valence-electron chi connectivity index (χ0n) is 12.5. The van der Waals surface area contributed by atoms with Crippen LogP contribution in [0.2, 0.25) is 0 Å². The summed E-state index contributed by atoms with van der Waals surface area (Å²) in [6, 6.07) is 3.53. The molecule has 116 valence electrons. The Morgan fingerprint density at radius 3 is 2.33 bits per heavy atom. The maximum atomic E-state index is 12.1. The number of carboxylic acid groups (broad SMARTS) is 1. The number of benzene rings is 1. The molecular formula is C16H22O5. The number of esters is 1. The Balaban J connectivity index is 2.83. The summed E-state index contributed by atoms with van der Waals surface area (Å²) in [6.45, 7) is 4.09. The summed E-state index contributed by atoms with van der Waals surface area (Å²) in [6.07, 6.45) is 4.29. The Morgan fingerprint density at radius 1 is 1.10 bits per heavy atom. The average Bonchev–Trinajstić information content (AvgIpc) is 2.44. The van der Waals surface area contributed by atoms with Crippen LogP contribution in [0.25, 0.3) is 0 Å². The van der Waals surface area contributed by atoms with Crippen molar-refractivity contribution in [2.75, 3.05) is 0 Å². The minimum Gasteiger partial charge on any atom is -0.508 e. The molecule has 0 aliphatic heterocycles. The molecule has 0 saturated carbocycles. The topological polar surface area (TPSA) is 83.8 Å². The van der Waals surface area contributed by atoms with Crippen molar-refractivity contribution in [3.8, 4) is 5.75 Å². The van der Waals surface area contributed by atoms with Crippen molar-refractivity contribution in [3.63, 3.8) is 0 Å². The molecule has 0 amide bonds. The van der Waals surface area contributed by atoms with Crippen LogP contribution in [0.3, 0.4) is 0 Å². The van der Waals surface area contributed by atoms with Gasteiger partial charge in [0.05, 0.1) is 11.1 Å². The lowest BCUT2D eigenvalue weighted by Crippen LogP contribution is -2.18. The van der Waals surface area contributed by atoms with Crippen LogP contribution in [0.4, 0.5) is 0 Å². The molecule has 0 saturated heterocycles. The van der Waals surface area contributed by atoms with Crippen molar-refractivity contribution >= 4 is 11.9 Å². The molecule has 1 atom stereocenters. The molecule has 21 heavy (non-hydrogen) atoms. The number of aromatic carboxylic acids is 1. The quantitative estimate of drug-likeness (QED) is 0.715. The molecule has 1 aromatic rings. The number of phenolic OH excluding ortho intramolecular Hbond substituents is 1. The molecule has 1 aromatic carbocycles. The predicted octanol–water partition coefficient (Wildman–Crippen LogP) is 3.61. The van der Waals surface area contributed by atoms with E-state index in [1.165, 1.54) is 12.1 Å². The van der Waals surface area contributed by atoms with Crippen LogP contribution in [0.15, 0.2) is 18.2 Å². The second-order valence-electron chi connectivity index (χ2n) is 5.03. The van der Waals surface area contributed by atoms with Gasteiger partial charge in [-0.1, -0.05) is 33.1 Å². The zero-order valence-corrected chi connectivity index (χ0v) is 12.5. The summed E-state index contributed by atoms with van der Waals surface area (Å²) < 4.78 is 5.43. The van der Waals surface area contributed by atoms with Gasteiger partial charge < -0.3 is 14.9 Å². The standard InChI is InChI=1S/C16H22O5/c1-3-5-7-14(6-4-2)21-16(20)12-8-11(15(18)19)9-13(17)10-12/h8-10,14,17H,3-7H2,1-2H3,(H,18,19). The highest BCUT2D eigenvalue weighted by Crippen LogP contribution is 2.19. The third-order valence-electron chi connectivity index (χ3n) is 3.16. The van der Waals surface area contributed by atoms with Crippen LogP contribution in [-0.2, 0) is 4.74 Å². The van der Waals surface area contributed by atoms with E-state index in [-0.39, 0.29) is 23.0 Å². The highest BCUT2D eigenvalue weighted by molar-refractivity contribution is 5.95. The van der Waals surface area contributed by atoms with Crippen molar-refractivity contribution in [3.05, 3.63) is 29.3 Å². The number of ether oxygens (including phenoxy) is 1. The van der Waals surface area contributed by atoms with Gasteiger partial charge in [0.2, 0.25) is 0 Å². The van der Waals surface area contributed by atoms with Crippen molar-refractivity contribution in [2.24, 2.45) is 0 Å². The number of hydrogen-bond acceptors (Lipinski definition) is 4. The minimum absolute atomic E-state index is 0.0602. The predicted molar refractivity (Wildman–Crippen MR) is 78.7 cm³/mol. The van der Waals surface area contributed by atoms with Crippen molar-refractivity contribution in [1.82, 2.24) is 0 Å². The number of aromatic hydroxyl groups is 1. The first-order valence-corrected chi connectivity index (χ1v) is 7.26. The van der Waals surface area contributed by atoms with E-state index in [4.69, 9.17) is 9.84 Å². The van der Waals surface area contributed by atoms with Crippen LogP contribution in [0, 0.1) is 0 Å². The summed E-state index contributed by atoms with van der Waals surface area (Å²) in [4.78, 5) is 23.0. The Hall–Kier alpha value is -2.04. The molecule has 1 unspecified atom stereocenters. The fraction of sp³-hybridized carbons (Fsp3) is 0.500. The highest BCUT2D eigenvalue weighted by atomic mass is 16.5. The molecule has 0 aliphatic carbocycles. The first-order chi connectivity index (χ1) is 9.97. The number of phenols is 1. The first-order valence-electron chi connectivity index (χ1n) is 7.26. The van der Waals surface area contributed by atoms with Crippen LogP contribution < -0.4 is 0 Å². The minimum atomic E-state index is -1.20. The summed E-state index contributed by atoms with van der Waals surface area (Å²) >= 11 is 0. The van der Waals surface area contributed by atoms with Gasteiger partial charge in [-0.25, -0.2) is 9.59 Å². The molecule has 1 rings (SSSR count). The lowest BCUT2D eigenvalue weighted by Gasteiger charge is -2.17. The highest BCUT2D eigenvalue weighted by Gasteiger charge is 2.17. The number of hydrogen-bond donors (Lipinski definition) is 2. The van der Waals surface area contributed by atoms with E-state index in [2.05, 4.69) is 6.92 Å². The summed E-state index contributed by atoms with van der Waals surface area (Å²) in [5.41, 5.74) is -0.0763. The average molecular weight is 294 g/mol. The number of rotatable bonds is 8. The summed E-state index contributed by atoms with van der Waals surface area (Å²) in [5, 5.41) is 18.4. The van der Waals surface area contributed by atoms with Gasteiger partial charge in [-0.05, 0) is 31.0 Å². The second-order valence-corrected chi connectivity index (χ2v) is 5.03. The molecule has 0 fully saturated rings. The van der Waals surface area contributed by atoms with Crippen LogP contribution in [0.1, 0.15) is 66.7 Å². The van der Waals surface area contributed by atoms with E-state index in [0.29, 0.717) is 0 Å². The molecule has 0 aromatic heterocycles. The number of carboxylic acids is 1. The van der Waals surface area contributed by atoms with Gasteiger partial charge in [-0.3, -0.25) is 0 Å². The monoisotopic (exact) mass is 294 g/mol. The fourth-order valence-electron chi connectivity index (χ4n) is 2.09. The SMILES string of the molecule is CCCCC(CCC)OC(=O)c1cc(O)cc(C(=O)O)c1. The van der Waals surface area contributed by atoms with Crippen LogP contribution in [-0.4, -0.2) is 28.3 Å². The van der Waals surface area contributed by atoms with Gasteiger partial charge in [-0.2, -0.15) is 0 Å². The maximum absolute atomic E-state index is 12.1. The van der Waals surface area contributed by atoms with E-state index >= 15 is 0 Å². The molecule has 0 spiro atoms. The van der Waals surface area contributed by atoms with Gasteiger partial charge in [0.25, 0.3) is 0 Å². The second kappa shape index (κ2) is 8.29. The smallest absolute Gasteiger partial charge is 0.338 e. The first kappa shape index (κ1) is 17.0. The van der Waals surface area contributed by atoms with E-state index in [0.717, 1.165) is 38.2 Å². The molecule has 5 heteroatoms. The van der Waals surface area contributed by atoms with Gasteiger partial charge in [0.1, 0.15) is 11.9 Å². The number of unbranched alkanes of at least 4 members (excludes halogenated alkanes) is 1. The zero-order chi connectivity index (χ0) is 15.8. The van der Waals surface area contributed by atoms with Crippen LogP contribution in [0.5, 0.6) is 5.75 Å². The molecular weight excluding hydrogens is 272 g/mol. The van der Waals surface area contributed by atoms with E-state index in [1.54, 1.807) is 0 Å². The van der Waals surface area contributed by atoms with Gasteiger partial charge in [0, 0.05) is 0 Å². The van der Waals surface area contributed by atoms with E-state index in [1.807, 2.05) is 6.92 Å². The molecule has 0 radical (unpaired) electrons. The normalized spacial score (nSPS) is 11.9. The van der Waals surface area contributed by atoms with Gasteiger partial charge in [-0.15, -0.1) is 0 Å². The van der Waals surface area contributed by atoms with E-state index in [9.17, 15) is 14.7 Å². The molecule has 5 nitrogen and oxygen atoms in total. The van der Waals surface area contributed by atoms with Gasteiger partial charge in [0.15, 0.2) is 0 Å². The molecule has 0 aliphatic rings. The van der Waals surface area contributed by atoms with Crippen molar-refractivity contribution in [2.45, 2.75) is 52.1 Å². The molecule has 0 bridgehead atoms. The lowest BCUT2D eigenvalue weighted by atomic mass is 10.1. The third kappa shape index (κ3) is 5.45. The maximum Gasteiger partial charge on any atom is 0.338 e. The Kier molecular flexibility index (Phi) is 6.72. The summed E-state index contributed by atoms with van der Waals surface area (Å²) in [5.74, 6) is -2.05. The third-order valence-corrected chi connectivity index (χ3v) is 3.16. The van der Waals surface area contributed by atoms with Gasteiger partial charge >= 0.3 is 11.9 Å².